The fourth-order valence-electron chi connectivity index (χ4n) is 3.23. The first-order valence-electron chi connectivity index (χ1n) is 9.41. The first kappa shape index (κ1) is 23.1. The zero-order valence-corrected chi connectivity index (χ0v) is 16.8. The standard InChI is InChI=1S/C18H19F3N2.C4H8O2/c1-23-9-8-15(22)16(23)10-11-4-2-5-12(17(11)20)13-6-3-7-14(19)18(13)21;1-4(2,6)3-5/h2-7,15-16H,8-10,22H2,1H3;3,6H,1-2H3. The number of nitrogens with zero attached hydrogens (tertiary/aromatic N) is 1. The number of carbonyl (C=O) groups is 1. The predicted octanol–water partition coefficient (Wildman–Crippen LogP) is 3.30. The molecule has 0 aromatic heterocycles. The van der Waals surface area contributed by atoms with Gasteiger partial charge in [-0.25, -0.2) is 13.2 Å². The van der Waals surface area contributed by atoms with Gasteiger partial charge in [0.2, 0.25) is 0 Å². The van der Waals surface area contributed by atoms with Crippen LogP contribution < -0.4 is 5.73 Å². The van der Waals surface area contributed by atoms with Gasteiger partial charge in [0.05, 0.1) is 0 Å². The Morgan fingerprint density at radius 1 is 1.14 bits per heavy atom. The van der Waals surface area contributed by atoms with Gasteiger partial charge in [0.15, 0.2) is 17.9 Å². The summed E-state index contributed by atoms with van der Waals surface area (Å²) in [6, 6.07) is 8.63. The minimum absolute atomic E-state index is 0.00559. The van der Waals surface area contributed by atoms with Crippen LogP contribution in [0.3, 0.4) is 0 Å². The average molecular weight is 408 g/mol. The van der Waals surface area contributed by atoms with Gasteiger partial charge in [-0.3, -0.25) is 0 Å². The molecule has 4 nitrogen and oxygen atoms in total. The zero-order chi connectivity index (χ0) is 21.8. The van der Waals surface area contributed by atoms with Crippen molar-refractivity contribution in [2.45, 2.75) is 44.4 Å². The molecule has 0 aliphatic carbocycles. The molecule has 1 aliphatic heterocycles. The summed E-state index contributed by atoms with van der Waals surface area (Å²) in [7, 11) is 1.96. The van der Waals surface area contributed by atoms with Gasteiger partial charge in [-0.05, 0) is 51.9 Å². The largest absolute Gasteiger partial charge is 0.383 e. The second-order valence-electron chi connectivity index (χ2n) is 7.86. The Morgan fingerprint density at radius 2 is 1.69 bits per heavy atom. The van der Waals surface area contributed by atoms with Crippen LogP contribution in [0.1, 0.15) is 25.8 Å². The lowest BCUT2D eigenvalue weighted by molar-refractivity contribution is -0.120. The maximum Gasteiger partial charge on any atom is 0.166 e. The number of benzene rings is 2. The number of aliphatic hydroxyl groups is 1. The molecule has 3 rings (SSSR count). The van der Waals surface area contributed by atoms with E-state index in [1.165, 1.54) is 32.0 Å². The van der Waals surface area contributed by atoms with Crippen LogP contribution in [0.5, 0.6) is 0 Å². The Bertz CT molecular complexity index is 842. The van der Waals surface area contributed by atoms with Crippen molar-refractivity contribution in [3.8, 4) is 11.1 Å². The van der Waals surface area contributed by atoms with E-state index in [9.17, 15) is 18.0 Å². The third kappa shape index (κ3) is 5.88. The SMILES string of the molecule is CC(C)(O)C=O.CN1CCC(N)C1Cc1cccc(-c2cccc(F)c2F)c1F. The molecule has 0 radical (unpaired) electrons. The van der Waals surface area contributed by atoms with Crippen LogP contribution in [0.15, 0.2) is 36.4 Å². The quantitative estimate of drug-likeness (QED) is 0.762. The van der Waals surface area contributed by atoms with Crippen molar-refractivity contribution in [1.29, 1.82) is 0 Å². The van der Waals surface area contributed by atoms with Crippen LogP contribution in [0.25, 0.3) is 11.1 Å². The molecule has 1 heterocycles. The minimum Gasteiger partial charge on any atom is -0.383 e. The van der Waals surface area contributed by atoms with E-state index in [2.05, 4.69) is 4.90 Å². The summed E-state index contributed by atoms with van der Waals surface area (Å²) in [6.45, 7) is 3.74. The molecule has 0 bridgehead atoms. The summed E-state index contributed by atoms with van der Waals surface area (Å²) in [4.78, 5) is 11.7. The summed E-state index contributed by atoms with van der Waals surface area (Å²) in [5.74, 6) is -2.52. The number of hydrogen-bond acceptors (Lipinski definition) is 4. The molecule has 2 atom stereocenters. The molecule has 3 N–H and O–H groups in total. The maximum absolute atomic E-state index is 14.8. The number of likely N-dealkylation sites (tertiary alicyclic amines) is 1. The van der Waals surface area contributed by atoms with E-state index < -0.39 is 23.1 Å². The number of rotatable bonds is 4. The number of likely N-dealkylation sites (N-methyl/N-ethyl adjacent to an activating group) is 1. The molecule has 2 aromatic rings. The lowest BCUT2D eigenvalue weighted by Gasteiger charge is -2.23. The van der Waals surface area contributed by atoms with Gasteiger partial charge in [0.1, 0.15) is 11.4 Å². The fraction of sp³-hybridized carbons (Fsp3) is 0.409. The molecule has 2 aromatic carbocycles. The van der Waals surface area contributed by atoms with Crippen molar-refractivity contribution in [3.05, 3.63) is 59.4 Å². The summed E-state index contributed by atoms with van der Waals surface area (Å²) in [5, 5.41) is 8.46. The van der Waals surface area contributed by atoms with Crippen LogP contribution in [0, 0.1) is 17.5 Å². The van der Waals surface area contributed by atoms with Gasteiger partial charge in [0, 0.05) is 23.2 Å². The average Bonchev–Trinajstić information content (AvgIpc) is 2.98. The number of nitrogens with two attached hydrogens (primary N) is 1. The van der Waals surface area contributed by atoms with Gasteiger partial charge in [-0.15, -0.1) is 0 Å². The van der Waals surface area contributed by atoms with E-state index >= 15 is 0 Å². The van der Waals surface area contributed by atoms with Crippen molar-refractivity contribution >= 4 is 6.29 Å². The number of halogens is 3. The van der Waals surface area contributed by atoms with Crippen molar-refractivity contribution in [1.82, 2.24) is 4.90 Å². The molecule has 158 valence electrons. The number of carbonyl (C=O) groups excluding carboxylic acids is 1. The Hall–Kier alpha value is -2.22. The minimum atomic E-state index is -1.14. The van der Waals surface area contributed by atoms with Crippen molar-refractivity contribution in [2.75, 3.05) is 13.6 Å². The van der Waals surface area contributed by atoms with Gasteiger partial charge in [-0.1, -0.05) is 30.3 Å². The van der Waals surface area contributed by atoms with E-state index in [0.717, 1.165) is 19.0 Å². The summed E-state index contributed by atoms with van der Waals surface area (Å²) < 4.78 is 42.2. The third-order valence-electron chi connectivity index (χ3n) is 4.91. The van der Waals surface area contributed by atoms with Gasteiger partial charge < -0.3 is 20.5 Å². The molecule has 0 amide bonds. The fourth-order valence-corrected chi connectivity index (χ4v) is 3.23. The first-order chi connectivity index (χ1) is 13.5. The second kappa shape index (κ2) is 9.52. The van der Waals surface area contributed by atoms with Crippen LogP contribution in [0.4, 0.5) is 13.2 Å². The molecule has 0 saturated carbocycles. The van der Waals surface area contributed by atoms with Crippen LogP contribution in [0.2, 0.25) is 0 Å². The van der Waals surface area contributed by atoms with Crippen LogP contribution in [-0.4, -0.2) is 47.6 Å². The molecule has 0 spiro atoms. The van der Waals surface area contributed by atoms with Gasteiger partial charge >= 0.3 is 0 Å². The first-order valence-corrected chi connectivity index (χ1v) is 9.41. The van der Waals surface area contributed by atoms with Crippen LogP contribution in [-0.2, 0) is 11.2 Å². The van der Waals surface area contributed by atoms with E-state index in [1.807, 2.05) is 7.05 Å². The van der Waals surface area contributed by atoms with E-state index in [-0.39, 0.29) is 23.2 Å². The molecule has 1 fully saturated rings. The summed E-state index contributed by atoms with van der Waals surface area (Å²) in [5.41, 5.74) is 5.44. The predicted molar refractivity (Wildman–Crippen MR) is 107 cm³/mol. The van der Waals surface area contributed by atoms with E-state index in [4.69, 9.17) is 10.8 Å². The van der Waals surface area contributed by atoms with Crippen LogP contribution >= 0.6 is 0 Å². The Kier molecular flexibility index (Phi) is 7.57. The normalized spacial score (nSPS) is 19.6. The van der Waals surface area contributed by atoms with E-state index in [0.29, 0.717) is 18.3 Å². The molecule has 1 saturated heterocycles. The number of hydrogen-bond donors (Lipinski definition) is 2. The topological polar surface area (TPSA) is 66.6 Å². The van der Waals surface area contributed by atoms with Gasteiger partial charge in [0.25, 0.3) is 0 Å². The zero-order valence-electron chi connectivity index (χ0n) is 16.8. The lowest BCUT2D eigenvalue weighted by atomic mass is 9.96. The highest BCUT2D eigenvalue weighted by Crippen LogP contribution is 2.30. The summed E-state index contributed by atoms with van der Waals surface area (Å²) in [6.07, 6.45) is 1.82. The molecule has 1 aliphatic rings. The highest BCUT2D eigenvalue weighted by Gasteiger charge is 2.30. The second-order valence-corrected chi connectivity index (χ2v) is 7.86. The van der Waals surface area contributed by atoms with Crippen molar-refractivity contribution < 1.29 is 23.1 Å². The lowest BCUT2D eigenvalue weighted by Crippen LogP contribution is -2.39. The smallest absolute Gasteiger partial charge is 0.166 e. The van der Waals surface area contributed by atoms with Crippen molar-refractivity contribution in [2.24, 2.45) is 5.73 Å². The molecular weight excluding hydrogens is 381 g/mol. The maximum atomic E-state index is 14.8. The van der Waals surface area contributed by atoms with Crippen molar-refractivity contribution in [3.63, 3.8) is 0 Å². The monoisotopic (exact) mass is 408 g/mol. The molecular formula is C22H27F3N2O2. The van der Waals surface area contributed by atoms with Gasteiger partial charge in [-0.2, -0.15) is 0 Å². The highest BCUT2D eigenvalue weighted by molar-refractivity contribution is 5.66. The molecule has 2 unspecified atom stereocenters. The molecule has 7 heteroatoms. The Labute approximate surface area is 169 Å². The Morgan fingerprint density at radius 3 is 2.21 bits per heavy atom. The third-order valence-corrected chi connectivity index (χ3v) is 4.91. The number of aldehydes is 1. The van der Waals surface area contributed by atoms with E-state index in [1.54, 1.807) is 12.1 Å². The molecule has 29 heavy (non-hydrogen) atoms. The highest BCUT2D eigenvalue weighted by atomic mass is 19.2. The summed E-state index contributed by atoms with van der Waals surface area (Å²) >= 11 is 0. The Balaban J connectivity index is 0.000000438.